The van der Waals surface area contributed by atoms with Crippen LogP contribution in [0.25, 0.3) is 0 Å². The van der Waals surface area contributed by atoms with Crippen LogP contribution in [-0.4, -0.2) is 71.3 Å². The Balaban J connectivity index is 1.52. The summed E-state index contributed by atoms with van der Waals surface area (Å²) in [6.45, 7) is 3.89. The molecule has 0 radical (unpaired) electrons. The molecular weight excluding hydrogens is 260 g/mol. The quantitative estimate of drug-likeness (QED) is 0.782. The van der Waals surface area contributed by atoms with Gasteiger partial charge in [-0.1, -0.05) is 0 Å². The van der Waals surface area contributed by atoms with E-state index in [2.05, 4.69) is 9.97 Å². The fourth-order valence-corrected chi connectivity index (χ4v) is 2.45. The Bertz CT molecular complexity index is 450. The number of hydrogen-bond donors (Lipinski definition) is 0. The number of rotatable bonds is 2. The molecule has 0 bridgehead atoms. The topological polar surface area (TPSA) is 67.8 Å². The molecule has 2 aliphatic heterocycles. The van der Waals surface area contributed by atoms with Gasteiger partial charge < -0.3 is 19.3 Å². The average molecular weight is 278 g/mol. The Morgan fingerprint density at radius 3 is 2.70 bits per heavy atom. The lowest BCUT2D eigenvalue weighted by Gasteiger charge is -2.30. The molecule has 1 atom stereocenters. The van der Waals surface area contributed by atoms with Crippen LogP contribution in [0.1, 0.15) is 6.42 Å². The summed E-state index contributed by atoms with van der Waals surface area (Å²) in [6, 6.07) is 2.20. The van der Waals surface area contributed by atoms with Crippen molar-refractivity contribution in [1.82, 2.24) is 19.8 Å². The van der Waals surface area contributed by atoms with E-state index >= 15 is 0 Å². The predicted molar refractivity (Wildman–Crippen MR) is 70.4 cm³/mol. The Kier molecular flexibility index (Phi) is 3.96. The van der Waals surface area contributed by atoms with Crippen molar-refractivity contribution < 1.29 is 14.3 Å². The third kappa shape index (κ3) is 2.98. The standard InChI is InChI=1S/C13H18N4O3/c18-13(16-6-8-19-9-7-16)17-5-2-11(10-17)20-12-14-3-1-4-15-12/h1,3-4,11H,2,5-10H2/t11-/m0/s1. The first-order chi connectivity index (χ1) is 9.83. The minimum absolute atomic E-state index is 0.0256. The largest absolute Gasteiger partial charge is 0.458 e. The van der Waals surface area contributed by atoms with Gasteiger partial charge in [0.15, 0.2) is 0 Å². The number of amides is 2. The zero-order valence-corrected chi connectivity index (χ0v) is 11.3. The van der Waals surface area contributed by atoms with Crippen LogP contribution in [0.3, 0.4) is 0 Å². The summed E-state index contributed by atoms with van der Waals surface area (Å²) >= 11 is 0. The number of hydrogen-bond acceptors (Lipinski definition) is 5. The van der Waals surface area contributed by atoms with Gasteiger partial charge in [-0.2, -0.15) is 0 Å². The number of carbonyl (C=O) groups is 1. The van der Waals surface area contributed by atoms with E-state index in [1.165, 1.54) is 0 Å². The lowest BCUT2D eigenvalue weighted by molar-refractivity contribution is 0.0442. The van der Waals surface area contributed by atoms with Crippen molar-refractivity contribution in [2.75, 3.05) is 39.4 Å². The molecule has 3 heterocycles. The Morgan fingerprint density at radius 1 is 1.20 bits per heavy atom. The van der Waals surface area contributed by atoms with E-state index < -0.39 is 0 Å². The average Bonchev–Trinajstić information content (AvgIpc) is 2.97. The maximum Gasteiger partial charge on any atom is 0.320 e. The highest BCUT2D eigenvalue weighted by atomic mass is 16.5. The SMILES string of the molecule is O=C(N1CCOCC1)N1CC[C@H](Oc2ncccn2)C1. The zero-order valence-electron chi connectivity index (χ0n) is 11.3. The lowest BCUT2D eigenvalue weighted by atomic mass is 10.3. The molecule has 0 unspecified atom stereocenters. The number of ether oxygens (including phenoxy) is 2. The number of likely N-dealkylation sites (tertiary alicyclic amines) is 1. The first-order valence-electron chi connectivity index (χ1n) is 6.88. The van der Waals surface area contributed by atoms with Gasteiger partial charge in [-0.05, 0) is 6.07 Å². The predicted octanol–water partition coefficient (Wildman–Crippen LogP) is 0.382. The van der Waals surface area contributed by atoms with E-state index in [4.69, 9.17) is 9.47 Å². The number of morpholine rings is 1. The van der Waals surface area contributed by atoms with E-state index in [0.717, 1.165) is 6.42 Å². The van der Waals surface area contributed by atoms with Gasteiger partial charge >= 0.3 is 12.0 Å². The molecule has 2 amide bonds. The van der Waals surface area contributed by atoms with E-state index in [0.29, 0.717) is 45.4 Å². The summed E-state index contributed by atoms with van der Waals surface area (Å²) in [4.78, 5) is 24.1. The molecule has 1 aromatic heterocycles. The summed E-state index contributed by atoms with van der Waals surface area (Å²) < 4.78 is 10.9. The van der Waals surface area contributed by atoms with Crippen LogP contribution < -0.4 is 4.74 Å². The maximum absolute atomic E-state index is 12.3. The molecule has 7 nitrogen and oxygen atoms in total. The van der Waals surface area contributed by atoms with E-state index in [9.17, 15) is 4.79 Å². The maximum atomic E-state index is 12.3. The molecule has 1 aromatic rings. The molecule has 0 saturated carbocycles. The number of nitrogens with zero attached hydrogens (tertiary/aromatic N) is 4. The monoisotopic (exact) mass is 278 g/mol. The van der Waals surface area contributed by atoms with Gasteiger partial charge in [-0.25, -0.2) is 14.8 Å². The first-order valence-corrected chi connectivity index (χ1v) is 6.88. The van der Waals surface area contributed by atoms with Gasteiger partial charge in [0.25, 0.3) is 0 Å². The Morgan fingerprint density at radius 2 is 1.95 bits per heavy atom. The lowest BCUT2D eigenvalue weighted by Crippen LogP contribution is -2.47. The summed E-state index contributed by atoms with van der Waals surface area (Å²) in [5.74, 6) is 0. The van der Waals surface area contributed by atoms with Crippen LogP contribution in [0.15, 0.2) is 18.5 Å². The van der Waals surface area contributed by atoms with Crippen LogP contribution in [0, 0.1) is 0 Å². The zero-order chi connectivity index (χ0) is 13.8. The molecule has 7 heteroatoms. The second-order valence-corrected chi connectivity index (χ2v) is 4.89. The fraction of sp³-hybridized carbons (Fsp3) is 0.615. The molecule has 2 saturated heterocycles. The van der Waals surface area contributed by atoms with Crippen LogP contribution in [0.2, 0.25) is 0 Å². The highest BCUT2D eigenvalue weighted by molar-refractivity contribution is 5.74. The normalized spacial score (nSPS) is 22.9. The van der Waals surface area contributed by atoms with Gasteiger partial charge in [0.2, 0.25) is 0 Å². The molecule has 0 aromatic carbocycles. The van der Waals surface area contributed by atoms with Crippen molar-refractivity contribution >= 4 is 6.03 Å². The number of urea groups is 1. The van der Waals surface area contributed by atoms with E-state index in [1.54, 1.807) is 18.5 Å². The van der Waals surface area contributed by atoms with Gasteiger partial charge in [-0.3, -0.25) is 0 Å². The fourth-order valence-electron chi connectivity index (χ4n) is 2.45. The van der Waals surface area contributed by atoms with Crippen molar-refractivity contribution in [1.29, 1.82) is 0 Å². The third-order valence-electron chi connectivity index (χ3n) is 3.51. The molecular formula is C13H18N4O3. The third-order valence-corrected chi connectivity index (χ3v) is 3.51. The highest BCUT2D eigenvalue weighted by Gasteiger charge is 2.31. The van der Waals surface area contributed by atoms with Crippen molar-refractivity contribution in [2.24, 2.45) is 0 Å². The van der Waals surface area contributed by atoms with E-state index in [1.807, 2.05) is 9.80 Å². The van der Waals surface area contributed by atoms with Gasteiger partial charge in [0.1, 0.15) is 6.10 Å². The Hall–Kier alpha value is -1.89. The summed E-state index contributed by atoms with van der Waals surface area (Å²) in [5, 5.41) is 0. The number of aromatic nitrogens is 2. The molecule has 2 aliphatic rings. The molecule has 108 valence electrons. The summed E-state index contributed by atoms with van der Waals surface area (Å²) in [5.41, 5.74) is 0. The summed E-state index contributed by atoms with van der Waals surface area (Å²) in [7, 11) is 0. The van der Waals surface area contributed by atoms with Gasteiger partial charge in [0.05, 0.1) is 19.8 Å². The molecule has 2 fully saturated rings. The van der Waals surface area contributed by atoms with Crippen LogP contribution in [-0.2, 0) is 4.74 Å². The minimum atomic E-state index is -0.0256. The number of carbonyl (C=O) groups excluding carboxylic acids is 1. The molecule has 0 N–H and O–H groups in total. The van der Waals surface area contributed by atoms with Crippen molar-refractivity contribution in [3.8, 4) is 6.01 Å². The van der Waals surface area contributed by atoms with Crippen molar-refractivity contribution in [2.45, 2.75) is 12.5 Å². The molecule has 0 spiro atoms. The molecule has 3 rings (SSSR count). The van der Waals surface area contributed by atoms with E-state index in [-0.39, 0.29) is 12.1 Å². The van der Waals surface area contributed by atoms with Gasteiger partial charge in [-0.15, -0.1) is 0 Å². The first kappa shape index (κ1) is 13.1. The second-order valence-electron chi connectivity index (χ2n) is 4.89. The van der Waals surface area contributed by atoms with Gasteiger partial charge in [0, 0.05) is 38.4 Å². The minimum Gasteiger partial charge on any atom is -0.458 e. The molecule has 20 heavy (non-hydrogen) atoms. The summed E-state index contributed by atoms with van der Waals surface area (Å²) in [6.07, 6.45) is 4.08. The van der Waals surface area contributed by atoms with Crippen LogP contribution >= 0.6 is 0 Å². The Labute approximate surface area is 117 Å². The molecule has 0 aliphatic carbocycles. The van der Waals surface area contributed by atoms with Crippen molar-refractivity contribution in [3.05, 3.63) is 18.5 Å². The smallest absolute Gasteiger partial charge is 0.320 e. The van der Waals surface area contributed by atoms with Crippen LogP contribution in [0.5, 0.6) is 6.01 Å². The van der Waals surface area contributed by atoms with Crippen LogP contribution in [0.4, 0.5) is 4.79 Å². The highest BCUT2D eigenvalue weighted by Crippen LogP contribution is 2.16. The second kappa shape index (κ2) is 6.04. The van der Waals surface area contributed by atoms with Crippen molar-refractivity contribution in [3.63, 3.8) is 0 Å².